The number of carbonyl (C=O) groups is 3. The minimum atomic E-state index is -2.32. The van der Waals surface area contributed by atoms with Gasteiger partial charge in [-0.15, -0.1) is 0 Å². The van der Waals surface area contributed by atoms with Crippen molar-refractivity contribution in [2.24, 2.45) is 0 Å². The van der Waals surface area contributed by atoms with Crippen molar-refractivity contribution in [3.63, 3.8) is 0 Å². The van der Waals surface area contributed by atoms with Crippen LogP contribution in [0.15, 0.2) is 23.8 Å². The molecule has 6 nitrogen and oxygen atoms in total. The monoisotopic (exact) mass is 280 g/mol. The quantitative estimate of drug-likeness (QED) is 0.518. The standard InChI is InChI=1S/C9H6Cl2O6/c10-8(6(14)15)1-2-9(11,7(16)17)4(3-8)5(12)13/h1-3H,(H,12,13)(H,14,15)(H,16,17). The van der Waals surface area contributed by atoms with Crippen LogP contribution in [0.25, 0.3) is 0 Å². The average molecular weight is 281 g/mol. The van der Waals surface area contributed by atoms with Crippen LogP contribution in [0.1, 0.15) is 0 Å². The van der Waals surface area contributed by atoms with Crippen molar-refractivity contribution < 1.29 is 29.7 Å². The van der Waals surface area contributed by atoms with Gasteiger partial charge in [0.05, 0.1) is 5.57 Å². The lowest BCUT2D eigenvalue weighted by Crippen LogP contribution is -2.42. The first kappa shape index (κ1) is 13.5. The molecular formula is C9H6Cl2O6. The fraction of sp³-hybridized carbons (Fsp3) is 0.222. The summed E-state index contributed by atoms with van der Waals surface area (Å²) in [5.74, 6) is -4.82. The molecule has 0 bridgehead atoms. The van der Waals surface area contributed by atoms with Crippen molar-refractivity contribution in [1.29, 1.82) is 0 Å². The molecule has 0 aromatic carbocycles. The van der Waals surface area contributed by atoms with E-state index in [1.807, 2.05) is 0 Å². The van der Waals surface area contributed by atoms with Crippen LogP contribution in [0.4, 0.5) is 0 Å². The number of carboxylic acids is 3. The Kier molecular flexibility index (Phi) is 3.22. The number of hydrogen-bond donors (Lipinski definition) is 3. The Morgan fingerprint density at radius 1 is 1.00 bits per heavy atom. The summed E-state index contributed by atoms with van der Waals surface area (Å²) in [6.07, 6.45) is 2.16. The predicted molar refractivity (Wildman–Crippen MR) is 57.3 cm³/mol. The smallest absolute Gasteiger partial charge is 0.334 e. The number of carboxylic acid groups (broad SMARTS) is 3. The summed E-state index contributed by atoms with van der Waals surface area (Å²) in [5, 5.41) is 26.5. The van der Waals surface area contributed by atoms with Crippen LogP contribution in [0.5, 0.6) is 0 Å². The molecule has 0 fully saturated rings. The van der Waals surface area contributed by atoms with Gasteiger partial charge in [-0.05, 0) is 18.2 Å². The summed E-state index contributed by atoms with van der Waals surface area (Å²) < 4.78 is 0. The molecule has 0 amide bonds. The minimum absolute atomic E-state index is 0.598. The van der Waals surface area contributed by atoms with E-state index in [0.717, 1.165) is 12.2 Å². The Balaban J connectivity index is 3.40. The number of hydrogen-bond acceptors (Lipinski definition) is 3. The second kappa shape index (κ2) is 4.05. The molecular weight excluding hydrogens is 275 g/mol. The van der Waals surface area contributed by atoms with E-state index in [1.165, 1.54) is 0 Å². The van der Waals surface area contributed by atoms with Crippen molar-refractivity contribution in [3.05, 3.63) is 23.8 Å². The van der Waals surface area contributed by atoms with E-state index in [0.29, 0.717) is 6.08 Å². The van der Waals surface area contributed by atoms with Crippen LogP contribution in [0.3, 0.4) is 0 Å². The molecule has 0 aromatic rings. The van der Waals surface area contributed by atoms with Crippen molar-refractivity contribution in [3.8, 4) is 0 Å². The first-order valence-electron chi connectivity index (χ1n) is 4.15. The van der Waals surface area contributed by atoms with Gasteiger partial charge in [0.1, 0.15) is 0 Å². The molecule has 3 N–H and O–H groups in total. The van der Waals surface area contributed by atoms with Crippen molar-refractivity contribution in [2.75, 3.05) is 0 Å². The molecule has 92 valence electrons. The Labute approximate surface area is 105 Å². The third-order valence-corrected chi connectivity index (χ3v) is 3.06. The lowest BCUT2D eigenvalue weighted by Gasteiger charge is -2.27. The second-order valence-electron chi connectivity index (χ2n) is 3.29. The van der Waals surface area contributed by atoms with E-state index in [2.05, 4.69) is 0 Å². The van der Waals surface area contributed by atoms with Gasteiger partial charge in [-0.3, -0.25) is 0 Å². The Morgan fingerprint density at radius 2 is 1.53 bits per heavy atom. The van der Waals surface area contributed by atoms with Crippen LogP contribution in [-0.2, 0) is 14.4 Å². The summed E-state index contributed by atoms with van der Waals surface area (Å²) in [6, 6.07) is 0. The van der Waals surface area contributed by atoms with Gasteiger partial charge in [-0.1, -0.05) is 23.2 Å². The molecule has 1 aliphatic rings. The highest BCUT2D eigenvalue weighted by Crippen LogP contribution is 2.37. The zero-order valence-corrected chi connectivity index (χ0v) is 9.57. The maximum atomic E-state index is 10.9. The Morgan fingerprint density at radius 3 is 1.88 bits per heavy atom. The normalized spacial score (nSPS) is 31.8. The van der Waals surface area contributed by atoms with E-state index in [1.54, 1.807) is 0 Å². The lowest BCUT2D eigenvalue weighted by molar-refractivity contribution is -0.141. The van der Waals surface area contributed by atoms with Crippen LogP contribution < -0.4 is 0 Å². The zero-order chi connectivity index (χ0) is 13.4. The highest BCUT2D eigenvalue weighted by Gasteiger charge is 2.48. The number of aliphatic carboxylic acids is 3. The van der Waals surface area contributed by atoms with E-state index in [4.69, 9.17) is 38.5 Å². The fourth-order valence-corrected chi connectivity index (χ4v) is 1.60. The molecule has 2 unspecified atom stereocenters. The van der Waals surface area contributed by atoms with Gasteiger partial charge in [-0.25, -0.2) is 14.4 Å². The molecule has 1 rings (SSSR count). The summed E-state index contributed by atoms with van der Waals surface area (Å²) >= 11 is 11.2. The maximum Gasteiger partial charge on any atom is 0.334 e. The van der Waals surface area contributed by atoms with Gasteiger partial charge in [0.15, 0.2) is 9.75 Å². The summed E-state index contributed by atoms with van der Waals surface area (Å²) in [5.41, 5.74) is -0.813. The lowest BCUT2D eigenvalue weighted by atomic mass is 9.87. The van der Waals surface area contributed by atoms with Crippen molar-refractivity contribution in [2.45, 2.75) is 9.75 Å². The van der Waals surface area contributed by atoms with Crippen LogP contribution in [0, 0.1) is 0 Å². The van der Waals surface area contributed by atoms with Gasteiger partial charge in [0, 0.05) is 0 Å². The molecule has 2 atom stereocenters. The third kappa shape index (κ3) is 2.13. The number of alkyl halides is 2. The molecule has 17 heavy (non-hydrogen) atoms. The topological polar surface area (TPSA) is 112 Å². The molecule has 8 heteroatoms. The molecule has 1 aliphatic carbocycles. The SMILES string of the molecule is O=C(O)C1=CC(Cl)(C(=O)O)C=CC1(Cl)C(=O)O. The molecule has 0 saturated heterocycles. The second-order valence-corrected chi connectivity index (χ2v) is 4.51. The van der Waals surface area contributed by atoms with Crippen LogP contribution in [0.2, 0.25) is 0 Å². The molecule has 0 radical (unpaired) electrons. The van der Waals surface area contributed by atoms with Gasteiger partial charge in [-0.2, -0.15) is 0 Å². The van der Waals surface area contributed by atoms with Gasteiger partial charge in [0.25, 0.3) is 0 Å². The van der Waals surface area contributed by atoms with E-state index >= 15 is 0 Å². The Bertz CT molecular complexity index is 468. The number of halogens is 2. The number of rotatable bonds is 3. The zero-order valence-electron chi connectivity index (χ0n) is 8.05. The maximum absolute atomic E-state index is 10.9. The molecule has 0 saturated carbocycles. The highest BCUT2D eigenvalue weighted by molar-refractivity contribution is 6.43. The minimum Gasteiger partial charge on any atom is -0.479 e. The largest absolute Gasteiger partial charge is 0.479 e. The van der Waals surface area contributed by atoms with E-state index in [-0.39, 0.29) is 0 Å². The van der Waals surface area contributed by atoms with E-state index < -0.39 is 33.2 Å². The first-order chi connectivity index (χ1) is 7.63. The van der Waals surface area contributed by atoms with E-state index in [9.17, 15) is 14.4 Å². The summed E-state index contributed by atoms with van der Waals surface area (Å²) in [4.78, 5) is 28.2. The fourth-order valence-electron chi connectivity index (χ4n) is 1.23. The molecule has 0 aromatic heterocycles. The molecule has 0 aliphatic heterocycles. The molecule has 0 spiro atoms. The summed E-state index contributed by atoms with van der Waals surface area (Å²) in [6.45, 7) is 0. The van der Waals surface area contributed by atoms with Crippen LogP contribution in [-0.4, -0.2) is 43.0 Å². The Hall–Kier alpha value is -1.53. The van der Waals surface area contributed by atoms with Gasteiger partial charge < -0.3 is 15.3 Å². The average Bonchev–Trinajstić information content (AvgIpc) is 2.21. The van der Waals surface area contributed by atoms with Gasteiger partial charge in [0.2, 0.25) is 0 Å². The summed E-state index contributed by atoms with van der Waals surface area (Å²) in [7, 11) is 0. The first-order valence-corrected chi connectivity index (χ1v) is 4.91. The predicted octanol–water partition coefficient (Wildman–Crippen LogP) is 0.692. The highest BCUT2D eigenvalue weighted by atomic mass is 35.5. The molecule has 0 heterocycles. The van der Waals surface area contributed by atoms with Crippen molar-refractivity contribution in [1.82, 2.24) is 0 Å². The van der Waals surface area contributed by atoms with Gasteiger partial charge >= 0.3 is 17.9 Å². The third-order valence-electron chi connectivity index (χ3n) is 2.17. The van der Waals surface area contributed by atoms with Crippen LogP contribution >= 0.6 is 23.2 Å². The van der Waals surface area contributed by atoms with Crippen molar-refractivity contribution >= 4 is 41.1 Å².